The van der Waals surface area contributed by atoms with Crippen LogP contribution in [0.1, 0.15) is 13.8 Å². The molecule has 2 aromatic rings. The van der Waals surface area contributed by atoms with Crippen LogP contribution in [-0.2, 0) is 6.54 Å². The molecule has 23 heavy (non-hydrogen) atoms. The zero-order valence-corrected chi connectivity index (χ0v) is 12.6. The summed E-state index contributed by atoms with van der Waals surface area (Å²) >= 11 is 0. The summed E-state index contributed by atoms with van der Waals surface area (Å²) in [7, 11) is 0. The number of nitrogens with one attached hydrogen (secondary N) is 1. The number of hydrogen-bond donors (Lipinski definition) is 1. The van der Waals surface area contributed by atoms with E-state index in [1.54, 1.807) is 17.1 Å². The van der Waals surface area contributed by atoms with Crippen LogP contribution in [0, 0.1) is 16.0 Å². The maximum Gasteiger partial charge on any atom is 0.387 e. The molecule has 0 bridgehead atoms. The van der Waals surface area contributed by atoms with Crippen molar-refractivity contribution in [2.75, 3.05) is 5.32 Å². The van der Waals surface area contributed by atoms with Crippen LogP contribution in [-0.4, -0.2) is 21.3 Å². The largest absolute Gasteiger partial charge is 0.427 e. The van der Waals surface area contributed by atoms with Crippen molar-refractivity contribution in [1.82, 2.24) is 9.78 Å². The fourth-order valence-electron chi connectivity index (χ4n) is 2.00. The highest BCUT2D eigenvalue weighted by molar-refractivity contribution is 5.64. The molecule has 2 rings (SSSR count). The molecule has 124 valence electrons. The molecule has 0 radical (unpaired) electrons. The smallest absolute Gasteiger partial charge is 0.387 e. The molecule has 7 nitrogen and oxygen atoms in total. The first-order valence-corrected chi connectivity index (χ1v) is 6.88. The number of nitro benzene ring substituents is 1. The van der Waals surface area contributed by atoms with E-state index in [-0.39, 0.29) is 0 Å². The quantitative estimate of drug-likeness (QED) is 0.618. The number of alkyl halides is 2. The van der Waals surface area contributed by atoms with Gasteiger partial charge in [0.15, 0.2) is 0 Å². The molecule has 0 aliphatic heterocycles. The predicted octanol–water partition coefficient (Wildman–Crippen LogP) is 3.79. The van der Waals surface area contributed by atoms with Crippen molar-refractivity contribution in [1.29, 1.82) is 0 Å². The molecule has 1 heterocycles. The Morgan fingerprint density at radius 3 is 2.74 bits per heavy atom. The average Bonchev–Trinajstić information content (AvgIpc) is 2.84. The predicted molar refractivity (Wildman–Crippen MR) is 80.1 cm³/mol. The molecule has 0 saturated heterocycles. The number of benzene rings is 1. The number of ether oxygens (including phenoxy) is 1. The first-order chi connectivity index (χ1) is 10.8. The van der Waals surface area contributed by atoms with E-state index in [1.807, 2.05) is 0 Å². The van der Waals surface area contributed by atoms with Gasteiger partial charge in [0.05, 0.1) is 16.8 Å². The van der Waals surface area contributed by atoms with Crippen LogP contribution >= 0.6 is 0 Å². The summed E-state index contributed by atoms with van der Waals surface area (Å²) in [6.07, 6.45) is 3.34. The number of nitro groups is 1. The van der Waals surface area contributed by atoms with Crippen molar-refractivity contribution < 1.29 is 18.4 Å². The van der Waals surface area contributed by atoms with Crippen LogP contribution in [0.15, 0.2) is 30.6 Å². The molecule has 0 spiro atoms. The maximum absolute atomic E-state index is 12.4. The Morgan fingerprint density at radius 1 is 1.39 bits per heavy atom. The van der Waals surface area contributed by atoms with Gasteiger partial charge in [0.1, 0.15) is 0 Å². The van der Waals surface area contributed by atoms with Crippen LogP contribution in [0.4, 0.5) is 25.8 Å². The minimum absolute atomic E-state index is 0.385. The molecular formula is C14H16F2N4O3. The Bertz CT molecular complexity index is 688. The van der Waals surface area contributed by atoms with Crippen molar-refractivity contribution in [3.8, 4) is 5.75 Å². The van der Waals surface area contributed by atoms with Crippen LogP contribution in [0.25, 0.3) is 0 Å². The van der Waals surface area contributed by atoms with Crippen molar-refractivity contribution in [2.24, 2.45) is 5.92 Å². The van der Waals surface area contributed by atoms with Gasteiger partial charge in [-0.3, -0.25) is 14.8 Å². The second kappa shape index (κ2) is 7.03. The molecule has 0 unspecified atom stereocenters. The molecule has 0 fully saturated rings. The number of nitrogens with zero attached hydrogens (tertiary/aromatic N) is 3. The van der Waals surface area contributed by atoms with Gasteiger partial charge in [-0.25, -0.2) is 0 Å². The van der Waals surface area contributed by atoms with Gasteiger partial charge >= 0.3 is 12.3 Å². The zero-order valence-electron chi connectivity index (χ0n) is 12.6. The molecule has 0 atom stereocenters. The van der Waals surface area contributed by atoms with Crippen LogP contribution in [0.3, 0.4) is 0 Å². The van der Waals surface area contributed by atoms with Gasteiger partial charge in [0.25, 0.3) is 0 Å². The molecule has 0 aliphatic rings. The highest BCUT2D eigenvalue weighted by atomic mass is 19.3. The minimum Gasteiger partial charge on any atom is -0.427 e. The summed E-state index contributed by atoms with van der Waals surface area (Å²) in [5.74, 6) is -0.0715. The summed E-state index contributed by atoms with van der Waals surface area (Å²) in [6, 6.07) is 3.68. The third-order valence-electron chi connectivity index (χ3n) is 2.85. The Balaban J connectivity index is 2.19. The van der Waals surface area contributed by atoms with E-state index in [1.165, 1.54) is 6.07 Å². The van der Waals surface area contributed by atoms with Crippen molar-refractivity contribution in [2.45, 2.75) is 27.0 Å². The first kappa shape index (κ1) is 16.7. The van der Waals surface area contributed by atoms with E-state index < -0.39 is 23.0 Å². The fourth-order valence-corrected chi connectivity index (χ4v) is 2.00. The Hall–Kier alpha value is -2.71. The second-order valence-corrected chi connectivity index (χ2v) is 5.29. The summed E-state index contributed by atoms with van der Waals surface area (Å²) in [5, 5.41) is 17.9. The number of rotatable bonds is 7. The second-order valence-electron chi connectivity index (χ2n) is 5.29. The third kappa shape index (κ3) is 4.63. The molecule has 1 aromatic heterocycles. The first-order valence-electron chi connectivity index (χ1n) is 6.88. The minimum atomic E-state index is -3.14. The molecule has 1 aromatic carbocycles. The van der Waals surface area contributed by atoms with Gasteiger partial charge in [-0.1, -0.05) is 13.8 Å². The Kier molecular flexibility index (Phi) is 5.09. The maximum atomic E-state index is 12.4. The Morgan fingerprint density at radius 2 is 2.13 bits per heavy atom. The number of halogens is 2. The summed E-state index contributed by atoms with van der Waals surface area (Å²) < 4.78 is 30.7. The Labute approximate surface area is 131 Å². The standard InChI is InChI=1S/C14H16F2N4O3/c1-9(2)7-19-8-11(6-17-19)18-10-3-4-12(20(21)22)13(5-10)23-14(15)16/h3-6,8-9,14,18H,7H2,1-2H3. The van der Waals surface area contributed by atoms with Crippen molar-refractivity contribution in [3.63, 3.8) is 0 Å². The lowest BCUT2D eigenvalue weighted by Crippen LogP contribution is -2.05. The van der Waals surface area contributed by atoms with Crippen molar-refractivity contribution in [3.05, 3.63) is 40.7 Å². The molecule has 0 amide bonds. The lowest BCUT2D eigenvalue weighted by molar-refractivity contribution is -0.386. The summed E-state index contributed by atoms with van der Waals surface area (Å²) in [5.41, 5.74) is 0.504. The molecule has 9 heteroatoms. The molecule has 0 saturated carbocycles. The van der Waals surface area contributed by atoms with E-state index in [2.05, 4.69) is 29.0 Å². The van der Waals surface area contributed by atoms with Gasteiger partial charge in [0, 0.05) is 30.6 Å². The lowest BCUT2D eigenvalue weighted by Gasteiger charge is -2.08. The summed E-state index contributed by atoms with van der Waals surface area (Å²) in [6.45, 7) is 1.71. The van der Waals surface area contributed by atoms with Gasteiger partial charge < -0.3 is 10.1 Å². The SMILES string of the molecule is CC(C)Cn1cc(Nc2ccc([N+](=O)[O-])c(OC(F)F)c2)cn1. The molecule has 0 aliphatic carbocycles. The van der Waals surface area contributed by atoms with E-state index in [0.29, 0.717) is 17.3 Å². The topological polar surface area (TPSA) is 82.2 Å². The van der Waals surface area contributed by atoms with Crippen LogP contribution < -0.4 is 10.1 Å². The molecular weight excluding hydrogens is 310 g/mol. The summed E-state index contributed by atoms with van der Waals surface area (Å²) in [4.78, 5) is 10.1. The fraction of sp³-hybridized carbons (Fsp3) is 0.357. The van der Waals surface area contributed by atoms with E-state index in [4.69, 9.17) is 0 Å². The third-order valence-corrected chi connectivity index (χ3v) is 2.85. The zero-order chi connectivity index (χ0) is 17.0. The van der Waals surface area contributed by atoms with Gasteiger partial charge in [-0.2, -0.15) is 13.9 Å². The van der Waals surface area contributed by atoms with E-state index in [9.17, 15) is 18.9 Å². The van der Waals surface area contributed by atoms with E-state index >= 15 is 0 Å². The van der Waals surface area contributed by atoms with Gasteiger partial charge in [-0.05, 0) is 12.0 Å². The van der Waals surface area contributed by atoms with Crippen molar-refractivity contribution >= 4 is 17.1 Å². The monoisotopic (exact) mass is 326 g/mol. The average molecular weight is 326 g/mol. The van der Waals surface area contributed by atoms with Crippen LogP contribution in [0.5, 0.6) is 5.75 Å². The number of aromatic nitrogens is 2. The highest BCUT2D eigenvalue weighted by Gasteiger charge is 2.19. The normalized spacial score (nSPS) is 11.0. The highest BCUT2D eigenvalue weighted by Crippen LogP contribution is 2.32. The van der Waals surface area contributed by atoms with Gasteiger partial charge in [0.2, 0.25) is 5.75 Å². The lowest BCUT2D eigenvalue weighted by atomic mass is 10.2. The van der Waals surface area contributed by atoms with Crippen LogP contribution in [0.2, 0.25) is 0 Å². The van der Waals surface area contributed by atoms with Gasteiger partial charge in [-0.15, -0.1) is 0 Å². The number of hydrogen-bond acceptors (Lipinski definition) is 5. The number of anilines is 2. The van der Waals surface area contributed by atoms with E-state index in [0.717, 1.165) is 18.7 Å². The molecule has 1 N–H and O–H groups in total.